The van der Waals surface area contributed by atoms with Crippen molar-refractivity contribution < 1.29 is 14.7 Å². The van der Waals surface area contributed by atoms with Gasteiger partial charge in [-0.25, -0.2) is 9.59 Å². The maximum absolute atomic E-state index is 11.3. The monoisotopic (exact) mass is 231 g/mol. The lowest BCUT2D eigenvalue weighted by molar-refractivity contribution is -0.139. The zero-order chi connectivity index (χ0) is 12.6. The van der Waals surface area contributed by atoms with Crippen LogP contribution in [-0.2, 0) is 4.79 Å². The lowest BCUT2D eigenvalue weighted by Crippen LogP contribution is -2.46. The molecule has 0 aliphatic carbocycles. The molecule has 0 saturated heterocycles. The van der Waals surface area contributed by atoms with Crippen LogP contribution in [-0.4, -0.2) is 36.2 Å². The van der Waals surface area contributed by atoms with Gasteiger partial charge in [0, 0.05) is 6.54 Å². The number of carboxylic acids is 1. The van der Waals surface area contributed by atoms with Crippen molar-refractivity contribution in [1.29, 1.82) is 0 Å². The first-order chi connectivity index (χ1) is 7.47. The maximum atomic E-state index is 11.3. The van der Waals surface area contributed by atoms with Crippen molar-refractivity contribution in [2.24, 2.45) is 11.7 Å². The van der Waals surface area contributed by atoms with E-state index in [1.54, 1.807) is 0 Å². The van der Waals surface area contributed by atoms with Crippen LogP contribution in [0.25, 0.3) is 0 Å². The minimum Gasteiger partial charge on any atom is -0.480 e. The zero-order valence-corrected chi connectivity index (χ0v) is 9.82. The Kier molecular flexibility index (Phi) is 7.28. The number of urea groups is 1. The van der Waals surface area contributed by atoms with Crippen LogP contribution in [0.4, 0.5) is 4.79 Å². The Labute approximate surface area is 95.6 Å². The summed E-state index contributed by atoms with van der Waals surface area (Å²) in [7, 11) is 0. The van der Waals surface area contributed by atoms with Crippen LogP contribution < -0.4 is 16.4 Å². The molecule has 2 amide bonds. The summed E-state index contributed by atoms with van der Waals surface area (Å²) >= 11 is 0. The van der Waals surface area contributed by atoms with Crippen LogP contribution in [0.3, 0.4) is 0 Å². The molecule has 0 rings (SSSR count). The summed E-state index contributed by atoms with van der Waals surface area (Å²) in [5, 5.41) is 13.8. The van der Waals surface area contributed by atoms with Gasteiger partial charge in [0.15, 0.2) is 0 Å². The predicted octanol–water partition coefficient (Wildman–Crippen LogP) is 0.134. The molecule has 0 aromatic carbocycles. The normalized spacial score (nSPS) is 12.2. The van der Waals surface area contributed by atoms with Gasteiger partial charge in [0.1, 0.15) is 6.04 Å². The highest BCUT2D eigenvalue weighted by Gasteiger charge is 2.20. The summed E-state index contributed by atoms with van der Waals surface area (Å²) in [6.45, 7) is 4.76. The third-order valence-electron chi connectivity index (χ3n) is 1.98. The van der Waals surface area contributed by atoms with Crippen molar-refractivity contribution in [2.45, 2.75) is 32.7 Å². The topological polar surface area (TPSA) is 104 Å². The number of carbonyl (C=O) groups is 2. The third kappa shape index (κ3) is 7.05. The molecule has 94 valence electrons. The standard InChI is InChI=1S/C10H21N3O3/c1-7(2)6-8(9(14)15)13-10(16)12-5-3-4-11/h7-8H,3-6,11H2,1-2H3,(H,14,15)(H2,12,13,16). The third-order valence-corrected chi connectivity index (χ3v) is 1.98. The van der Waals surface area contributed by atoms with Crippen LogP contribution in [0, 0.1) is 5.92 Å². The molecule has 0 radical (unpaired) electrons. The molecule has 16 heavy (non-hydrogen) atoms. The summed E-state index contributed by atoms with van der Waals surface area (Å²) in [5.74, 6) is -0.798. The highest BCUT2D eigenvalue weighted by atomic mass is 16.4. The smallest absolute Gasteiger partial charge is 0.326 e. The Morgan fingerprint density at radius 3 is 2.44 bits per heavy atom. The van der Waals surface area contributed by atoms with Crippen molar-refractivity contribution in [2.75, 3.05) is 13.1 Å². The molecule has 1 atom stereocenters. The van der Waals surface area contributed by atoms with E-state index in [9.17, 15) is 9.59 Å². The Morgan fingerprint density at radius 2 is 2.00 bits per heavy atom. The van der Waals surface area contributed by atoms with Crippen molar-refractivity contribution >= 4 is 12.0 Å². The molecule has 0 saturated carbocycles. The SMILES string of the molecule is CC(C)CC(NC(=O)NCCCN)C(=O)O. The van der Waals surface area contributed by atoms with E-state index in [-0.39, 0.29) is 5.92 Å². The Balaban J connectivity index is 3.98. The number of rotatable bonds is 7. The van der Waals surface area contributed by atoms with Crippen molar-refractivity contribution in [3.8, 4) is 0 Å². The van der Waals surface area contributed by atoms with E-state index >= 15 is 0 Å². The van der Waals surface area contributed by atoms with Gasteiger partial charge >= 0.3 is 12.0 Å². The fraction of sp³-hybridized carbons (Fsp3) is 0.800. The molecule has 6 heteroatoms. The van der Waals surface area contributed by atoms with E-state index < -0.39 is 18.0 Å². The molecule has 0 aromatic heterocycles. The first-order valence-corrected chi connectivity index (χ1v) is 5.44. The van der Waals surface area contributed by atoms with Crippen LogP contribution >= 0.6 is 0 Å². The van der Waals surface area contributed by atoms with E-state index in [0.717, 1.165) is 0 Å². The maximum Gasteiger partial charge on any atom is 0.326 e. The van der Waals surface area contributed by atoms with Gasteiger partial charge in [-0.1, -0.05) is 13.8 Å². The lowest BCUT2D eigenvalue weighted by atomic mass is 10.0. The molecule has 6 nitrogen and oxygen atoms in total. The van der Waals surface area contributed by atoms with E-state index in [1.165, 1.54) is 0 Å². The van der Waals surface area contributed by atoms with E-state index in [1.807, 2.05) is 13.8 Å². The number of carbonyl (C=O) groups excluding carboxylic acids is 1. The lowest BCUT2D eigenvalue weighted by Gasteiger charge is -2.16. The number of hydrogen-bond acceptors (Lipinski definition) is 3. The number of amides is 2. The first kappa shape index (κ1) is 14.7. The van der Waals surface area contributed by atoms with Crippen molar-refractivity contribution in [3.05, 3.63) is 0 Å². The van der Waals surface area contributed by atoms with Crippen LogP contribution in [0.2, 0.25) is 0 Å². The van der Waals surface area contributed by atoms with E-state index in [2.05, 4.69) is 10.6 Å². The van der Waals surface area contributed by atoms with Gasteiger partial charge in [-0.3, -0.25) is 0 Å². The summed E-state index contributed by atoms with van der Waals surface area (Å²) in [6.07, 6.45) is 1.09. The van der Waals surface area contributed by atoms with Crippen LogP contribution in [0.15, 0.2) is 0 Å². The van der Waals surface area contributed by atoms with Crippen LogP contribution in [0.5, 0.6) is 0 Å². The molecule has 0 fully saturated rings. The average Bonchev–Trinajstić information content (AvgIpc) is 2.16. The summed E-state index contributed by atoms with van der Waals surface area (Å²) in [6, 6.07) is -1.29. The van der Waals surface area contributed by atoms with Gasteiger partial charge in [0.25, 0.3) is 0 Å². The average molecular weight is 231 g/mol. The second-order valence-electron chi connectivity index (χ2n) is 4.06. The molecule has 0 spiro atoms. The molecule has 0 heterocycles. The van der Waals surface area contributed by atoms with Gasteiger partial charge in [-0.05, 0) is 25.3 Å². The fourth-order valence-electron chi connectivity index (χ4n) is 1.21. The highest BCUT2D eigenvalue weighted by molar-refractivity contribution is 5.82. The highest BCUT2D eigenvalue weighted by Crippen LogP contribution is 2.04. The second-order valence-corrected chi connectivity index (χ2v) is 4.06. The zero-order valence-electron chi connectivity index (χ0n) is 9.82. The minimum atomic E-state index is -1.01. The quantitative estimate of drug-likeness (QED) is 0.467. The molecular formula is C10H21N3O3. The van der Waals surface area contributed by atoms with E-state index in [4.69, 9.17) is 10.8 Å². The Morgan fingerprint density at radius 1 is 1.38 bits per heavy atom. The Hall–Kier alpha value is -1.30. The van der Waals surface area contributed by atoms with Gasteiger partial charge in [-0.2, -0.15) is 0 Å². The van der Waals surface area contributed by atoms with Gasteiger partial charge < -0.3 is 21.5 Å². The predicted molar refractivity (Wildman–Crippen MR) is 61.1 cm³/mol. The number of carboxylic acid groups (broad SMARTS) is 1. The number of hydrogen-bond donors (Lipinski definition) is 4. The molecule has 0 aliphatic rings. The van der Waals surface area contributed by atoms with E-state index in [0.29, 0.717) is 25.9 Å². The molecule has 0 bridgehead atoms. The summed E-state index contributed by atoms with van der Waals surface area (Å²) in [4.78, 5) is 22.1. The van der Waals surface area contributed by atoms with Gasteiger partial charge in [-0.15, -0.1) is 0 Å². The fourth-order valence-corrected chi connectivity index (χ4v) is 1.21. The molecule has 0 aliphatic heterocycles. The molecular weight excluding hydrogens is 210 g/mol. The van der Waals surface area contributed by atoms with Crippen molar-refractivity contribution in [3.63, 3.8) is 0 Å². The number of nitrogens with one attached hydrogen (secondary N) is 2. The summed E-state index contributed by atoms with van der Waals surface area (Å²) in [5.41, 5.74) is 5.26. The Bertz CT molecular complexity index is 231. The van der Waals surface area contributed by atoms with Crippen molar-refractivity contribution in [1.82, 2.24) is 10.6 Å². The summed E-state index contributed by atoms with van der Waals surface area (Å²) < 4.78 is 0. The number of aliphatic carboxylic acids is 1. The number of nitrogens with two attached hydrogens (primary N) is 1. The second kappa shape index (κ2) is 7.92. The van der Waals surface area contributed by atoms with Crippen LogP contribution in [0.1, 0.15) is 26.7 Å². The van der Waals surface area contributed by atoms with Gasteiger partial charge in [0.05, 0.1) is 0 Å². The minimum absolute atomic E-state index is 0.213. The largest absolute Gasteiger partial charge is 0.480 e. The molecule has 0 aromatic rings. The first-order valence-electron chi connectivity index (χ1n) is 5.44. The van der Waals surface area contributed by atoms with Gasteiger partial charge in [0.2, 0.25) is 0 Å². The molecule has 1 unspecified atom stereocenters. The molecule has 5 N–H and O–H groups in total.